The lowest BCUT2D eigenvalue weighted by Gasteiger charge is -2.32. The van der Waals surface area contributed by atoms with Gasteiger partial charge < -0.3 is 10.2 Å². The lowest BCUT2D eigenvalue weighted by atomic mass is 9.97. The van der Waals surface area contributed by atoms with Crippen molar-refractivity contribution in [2.75, 3.05) is 18.0 Å². The number of hydrogen-bond acceptors (Lipinski definition) is 5. The minimum atomic E-state index is -0.274. The molecule has 3 heterocycles. The number of nitrogens with one attached hydrogen (secondary N) is 1. The second-order valence-corrected chi connectivity index (χ2v) is 7.83. The van der Waals surface area contributed by atoms with Crippen LogP contribution in [-0.2, 0) is 11.3 Å². The van der Waals surface area contributed by atoms with Crippen molar-refractivity contribution in [2.24, 2.45) is 5.92 Å². The third-order valence-electron chi connectivity index (χ3n) is 4.92. The van der Waals surface area contributed by atoms with Gasteiger partial charge in [0, 0.05) is 19.6 Å². The molecular weight excluding hydrogens is 375 g/mol. The van der Waals surface area contributed by atoms with E-state index in [1.165, 1.54) is 12.1 Å². The van der Waals surface area contributed by atoms with Gasteiger partial charge in [0.1, 0.15) is 11.5 Å². The van der Waals surface area contributed by atoms with Gasteiger partial charge in [0.25, 0.3) is 0 Å². The number of aromatic nitrogens is 2. The molecular formula is C21H21FN4OS. The first kappa shape index (κ1) is 18.6. The second kappa shape index (κ2) is 8.48. The standard InChI is InChI=1S/C21H21FN4OS/c22-17-7-5-15(6-8-17)13-23-21(27)16-3-1-11-26(14-16)20-10-9-18(24-25-20)19-4-2-12-28-19/h2,4-10,12,16H,1,3,11,13-14H2,(H,23,27). The van der Waals surface area contributed by atoms with E-state index in [-0.39, 0.29) is 17.6 Å². The zero-order valence-electron chi connectivity index (χ0n) is 15.3. The zero-order chi connectivity index (χ0) is 19.3. The van der Waals surface area contributed by atoms with Crippen LogP contribution in [-0.4, -0.2) is 29.2 Å². The van der Waals surface area contributed by atoms with E-state index < -0.39 is 0 Å². The molecule has 1 aromatic carbocycles. The SMILES string of the molecule is O=C(NCc1ccc(F)cc1)C1CCCN(c2ccc(-c3cccs3)nn2)C1. The topological polar surface area (TPSA) is 58.1 Å². The Bertz CT molecular complexity index is 913. The highest BCUT2D eigenvalue weighted by atomic mass is 32.1. The Morgan fingerprint density at radius 1 is 1.18 bits per heavy atom. The first-order chi connectivity index (χ1) is 13.7. The summed E-state index contributed by atoms with van der Waals surface area (Å²) in [6.45, 7) is 1.90. The molecule has 0 spiro atoms. The van der Waals surface area contributed by atoms with Crippen molar-refractivity contribution in [1.29, 1.82) is 0 Å². The van der Waals surface area contributed by atoms with Crippen LogP contribution in [0.1, 0.15) is 18.4 Å². The summed E-state index contributed by atoms with van der Waals surface area (Å²) in [6, 6.07) is 14.2. The molecule has 1 unspecified atom stereocenters. The van der Waals surface area contributed by atoms with Crippen LogP contribution in [0.5, 0.6) is 0 Å². The highest BCUT2D eigenvalue weighted by Crippen LogP contribution is 2.25. The highest BCUT2D eigenvalue weighted by molar-refractivity contribution is 7.13. The minimum Gasteiger partial charge on any atom is -0.354 e. The molecule has 1 atom stereocenters. The summed E-state index contributed by atoms with van der Waals surface area (Å²) in [6.07, 6.45) is 1.79. The monoisotopic (exact) mass is 396 g/mol. The van der Waals surface area contributed by atoms with E-state index in [0.29, 0.717) is 13.1 Å². The molecule has 1 aliphatic rings. The summed E-state index contributed by atoms with van der Waals surface area (Å²) < 4.78 is 13.0. The van der Waals surface area contributed by atoms with Crippen molar-refractivity contribution in [3.05, 3.63) is 65.3 Å². The molecule has 28 heavy (non-hydrogen) atoms. The molecule has 1 amide bonds. The van der Waals surface area contributed by atoms with Crippen LogP contribution in [0.15, 0.2) is 53.9 Å². The average Bonchev–Trinajstić information content (AvgIpc) is 3.28. The first-order valence-corrected chi connectivity index (χ1v) is 10.2. The number of nitrogens with zero attached hydrogens (tertiary/aromatic N) is 3. The van der Waals surface area contributed by atoms with Crippen LogP contribution in [0.3, 0.4) is 0 Å². The fraction of sp³-hybridized carbons (Fsp3) is 0.286. The van der Waals surface area contributed by atoms with Crippen LogP contribution in [0.4, 0.5) is 10.2 Å². The van der Waals surface area contributed by atoms with Gasteiger partial charge in [-0.1, -0.05) is 18.2 Å². The number of benzene rings is 1. The molecule has 0 aliphatic carbocycles. The number of rotatable bonds is 5. The first-order valence-electron chi connectivity index (χ1n) is 9.34. The van der Waals surface area contributed by atoms with E-state index in [2.05, 4.69) is 20.4 Å². The largest absolute Gasteiger partial charge is 0.354 e. The number of amides is 1. The van der Waals surface area contributed by atoms with Crippen LogP contribution in [0, 0.1) is 11.7 Å². The molecule has 1 fully saturated rings. The summed E-state index contributed by atoms with van der Waals surface area (Å²) in [5, 5.41) is 13.7. The van der Waals surface area contributed by atoms with Gasteiger partial charge in [0.15, 0.2) is 5.82 Å². The number of anilines is 1. The van der Waals surface area contributed by atoms with Crippen molar-refractivity contribution in [2.45, 2.75) is 19.4 Å². The molecule has 0 bridgehead atoms. The summed E-state index contributed by atoms with van der Waals surface area (Å²) in [7, 11) is 0. The molecule has 7 heteroatoms. The van der Waals surface area contributed by atoms with Crippen molar-refractivity contribution >= 4 is 23.1 Å². The average molecular weight is 396 g/mol. The molecule has 5 nitrogen and oxygen atoms in total. The molecule has 1 aliphatic heterocycles. The number of carbonyl (C=O) groups excluding carboxylic acids is 1. The van der Waals surface area contributed by atoms with Gasteiger partial charge in [-0.3, -0.25) is 4.79 Å². The van der Waals surface area contributed by atoms with Crippen molar-refractivity contribution in [3.63, 3.8) is 0 Å². The van der Waals surface area contributed by atoms with Gasteiger partial charge in [-0.05, 0) is 54.1 Å². The number of piperidine rings is 1. The highest BCUT2D eigenvalue weighted by Gasteiger charge is 2.26. The molecule has 1 N–H and O–H groups in total. The van der Waals surface area contributed by atoms with Crippen molar-refractivity contribution in [1.82, 2.24) is 15.5 Å². The maximum atomic E-state index is 13.0. The Hall–Kier alpha value is -2.80. The predicted molar refractivity (Wildman–Crippen MR) is 109 cm³/mol. The fourth-order valence-corrected chi connectivity index (χ4v) is 4.08. The quantitative estimate of drug-likeness (QED) is 0.711. The Balaban J connectivity index is 1.35. The molecule has 0 radical (unpaired) electrons. The van der Waals surface area contributed by atoms with Gasteiger partial charge in [-0.15, -0.1) is 21.5 Å². The van der Waals surface area contributed by atoms with Gasteiger partial charge >= 0.3 is 0 Å². The smallest absolute Gasteiger partial charge is 0.225 e. The number of halogens is 1. The Labute approximate surface area is 167 Å². The Morgan fingerprint density at radius 2 is 2.04 bits per heavy atom. The Kier molecular flexibility index (Phi) is 5.62. The minimum absolute atomic E-state index is 0.0252. The molecule has 4 rings (SSSR count). The number of hydrogen-bond donors (Lipinski definition) is 1. The van der Waals surface area contributed by atoms with E-state index in [9.17, 15) is 9.18 Å². The van der Waals surface area contributed by atoms with Crippen molar-refractivity contribution in [3.8, 4) is 10.6 Å². The lowest BCUT2D eigenvalue weighted by molar-refractivity contribution is -0.125. The van der Waals surface area contributed by atoms with Gasteiger partial charge in [-0.25, -0.2) is 4.39 Å². The third-order valence-corrected chi connectivity index (χ3v) is 5.81. The lowest BCUT2D eigenvalue weighted by Crippen LogP contribution is -2.43. The Morgan fingerprint density at radius 3 is 2.75 bits per heavy atom. The second-order valence-electron chi connectivity index (χ2n) is 6.88. The third kappa shape index (κ3) is 4.36. The van der Waals surface area contributed by atoms with Crippen LogP contribution in [0.2, 0.25) is 0 Å². The maximum Gasteiger partial charge on any atom is 0.225 e. The maximum absolute atomic E-state index is 13.0. The summed E-state index contributed by atoms with van der Waals surface area (Å²) in [4.78, 5) is 15.8. The van der Waals surface area contributed by atoms with E-state index >= 15 is 0 Å². The molecule has 144 valence electrons. The van der Waals surface area contributed by atoms with Gasteiger partial charge in [0.2, 0.25) is 5.91 Å². The fourth-order valence-electron chi connectivity index (χ4n) is 3.38. The molecule has 2 aromatic heterocycles. The summed E-state index contributed by atoms with van der Waals surface area (Å²) in [5.74, 6) is 0.464. The number of carbonyl (C=O) groups is 1. The van der Waals surface area contributed by atoms with Crippen LogP contribution >= 0.6 is 11.3 Å². The molecule has 0 saturated carbocycles. The number of thiophene rings is 1. The predicted octanol–water partition coefficient (Wildman–Crippen LogP) is 3.88. The van der Waals surface area contributed by atoms with Gasteiger partial charge in [-0.2, -0.15) is 0 Å². The van der Waals surface area contributed by atoms with E-state index in [1.807, 2.05) is 29.6 Å². The van der Waals surface area contributed by atoms with Gasteiger partial charge in [0.05, 0.1) is 10.8 Å². The molecule has 3 aromatic rings. The van der Waals surface area contributed by atoms with E-state index in [0.717, 1.165) is 41.3 Å². The van der Waals surface area contributed by atoms with Crippen LogP contribution < -0.4 is 10.2 Å². The summed E-state index contributed by atoms with van der Waals surface area (Å²) in [5.41, 5.74) is 1.75. The van der Waals surface area contributed by atoms with Crippen molar-refractivity contribution < 1.29 is 9.18 Å². The molecule has 1 saturated heterocycles. The van der Waals surface area contributed by atoms with E-state index in [4.69, 9.17) is 0 Å². The zero-order valence-corrected chi connectivity index (χ0v) is 16.2. The van der Waals surface area contributed by atoms with Crippen LogP contribution in [0.25, 0.3) is 10.6 Å². The summed E-state index contributed by atoms with van der Waals surface area (Å²) >= 11 is 1.64. The normalized spacial score (nSPS) is 16.8. The van der Waals surface area contributed by atoms with E-state index in [1.54, 1.807) is 23.5 Å².